The molecule has 0 radical (unpaired) electrons. The molecule has 0 fully saturated rings. The van der Waals surface area contributed by atoms with Crippen molar-refractivity contribution in [3.63, 3.8) is 0 Å². The minimum atomic E-state index is 0.697. The molecule has 8 aromatic carbocycles. The summed E-state index contributed by atoms with van der Waals surface area (Å²) in [6, 6.07) is 78.0. The highest BCUT2D eigenvalue weighted by Crippen LogP contribution is 2.35. The van der Waals surface area contributed by atoms with Crippen LogP contribution in [0.1, 0.15) is 11.1 Å². The number of aryl methyl sites for hydroxylation is 2. The van der Waals surface area contributed by atoms with Crippen molar-refractivity contribution in [2.24, 2.45) is 0 Å². The van der Waals surface area contributed by atoms with Crippen molar-refractivity contribution >= 4 is 88.1 Å². The molecular formula is C70H48N4O4. The average Bonchev–Trinajstić information content (AvgIpc) is 4.29. The van der Waals surface area contributed by atoms with Gasteiger partial charge in [0.1, 0.15) is 38.9 Å². The van der Waals surface area contributed by atoms with Crippen LogP contribution in [0.15, 0.2) is 273 Å². The van der Waals surface area contributed by atoms with Gasteiger partial charge in [-0.15, -0.1) is 0 Å². The van der Waals surface area contributed by atoms with E-state index >= 15 is 0 Å². The van der Waals surface area contributed by atoms with Crippen molar-refractivity contribution < 1.29 is 17.7 Å². The topological polar surface area (TPSA) is 104 Å². The minimum absolute atomic E-state index is 0.697. The molecule has 8 nitrogen and oxygen atoms in total. The summed E-state index contributed by atoms with van der Waals surface area (Å²) < 4.78 is 23.3. The monoisotopic (exact) mass is 1010 g/mol. The number of hydrogen-bond acceptors (Lipinski definition) is 8. The highest BCUT2D eigenvalue weighted by atomic mass is 16.3. The molecule has 8 aromatic heterocycles. The SMILES string of the molecule is Cc1cccc(-c2ccc3oc4ccccc4c3n2)c1.Cc1cccc(-c2cnc3oc4ccccc4c3c2)c1.c1ccc(-c2ccc3c(c2)oc2cccnc23)cc1.c1ccc(-c2ccc3c(c2)oc2ccncc23)cc1. The van der Waals surface area contributed by atoms with Crippen LogP contribution in [0.4, 0.5) is 0 Å². The van der Waals surface area contributed by atoms with E-state index in [1.54, 1.807) is 12.4 Å². The van der Waals surface area contributed by atoms with Crippen molar-refractivity contribution in [1.82, 2.24) is 19.9 Å². The molecule has 372 valence electrons. The molecule has 0 atom stereocenters. The molecule has 16 aromatic rings. The molecule has 8 heterocycles. The van der Waals surface area contributed by atoms with Gasteiger partial charge in [0.25, 0.3) is 0 Å². The van der Waals surface area contributed by atoms with Crippen LogP contribution < -0.4 is 0 Å². The number of fused-ring (bicyclic) bond motifs is 12. The van der Waals surface area contributed by atoms with Crippen LogP contribution in [0, 0.1) is 13.8 Å². The highest BCUT2D eigenvalue weighted by molar-refractivity contribution is 6.07. The van der Waals surface area contributed by atoms with E-state index in [1.807, 2.05) is 122 Å². The van der Waals surface area contributed by atoms with E-state index in [1.165, 1.54) is 33.4 Å². The Balaban J connectivity index is 0.0000000989. The predicted molar refractivity (Wildman–Crippen MR) is 317 cm³/mol. The van der Waals surface area contributed by atoms with Crippen molar-refractivity contribution in [3.8, 4) is 44.6 Å². The summed E-state index contributed by atoms with van der Waals surface area (Å²) in [5, 5.41) is 6.50. The summed E-state index contributed by atoms with van der Waals surface area (Å²) in [6.45, 7) is 4.19. The van der Waals surface area contributed by atoms with E-state index < -0.39 is 0 Å². The van der Waals surface area contributed by atoms with Gasteiger partial charge in [-0.05, 0) is 127 Å². The first-order chi connectivity index (χ1) is 38.5. The molecule has 0 aliphatic heterocycles. The third-order valence-corrected chi connectivity index (χ3v) is 13.8. The fourth-order valence-corrected chi connectivity index (χ4v) is 9.98. The van der Waals surface area contributed by atoms with Gasteiger partial charge < -0.3 is 17.7 Å². The van der Waals surface area contributed by atoms with Gasteiger partial charge in [0.05, 0.1) is 5.69 Å². The molecule has 0 spiro atoms. The normalized spacial score (nSPS) is 11.2. The molecule has 0 N–H and O–H groups in total. The zero-order valence-corrected chi connectivity index (χ0v) is 42.7. The predicted octanol–water partition coefficient (Wildman–Crippen LogP) is 19.2. The Labute approximate surface area is 448 Å². The summed E-state index contributed by atoms with van der Waals surface area (Å²) in [5.41, 5.74) is 20.3. The van der Waals surface area contributed by atoms with E-state index in [-0.39, 0.29) is 0 Å². The third kappa shape index (κ3) is 9.50. The second kappa shape index (κ2) is 20.7. The Morgan fingerprint density at radius 3 is 1.56 bits per heavy atom. The molecule has 0 aliphatic carbocycles. The van der Waals surface area contributed by atoms with Crippen LogP contribution in [0.2, 0.25) is 0 Å². The van der Waals surface area contributed by atoms with Crippen molar-refractivity contribution in [3.05, 3.63) is 266 Å². The second-order valence-electron chi connectivity index (χ2n) is 19.1. The summed E-state index contributed by atoms with van der Waals surface area (Å²) >= 11 is 0. The molecule has 8 heteroatoms. The molecule has 0 saturated heterocycles. The Bertz CT molecular complexity index is 4480. The van der Waals surface area contributed by atoms with Gasteiger partial charge in [0.2, 0.25) is 5.71 Å². The summed E-state index contributed by atoms with van der Waals surface area (Å²) in [7, 11) is 0. The van der Waals surface area contributed by atoms with Crippen LogP contribution in [0.3, 0.4) is 0 Å². The van der Waals surface area contributed by atoms with Crippen LogP contribution >= 0.6 is 0 Å². The standard InChI is InChI=1S/2C18H13NO.2C17H11NO/c1-12-5-4-6-13(9-12)14-10-16-15-7-2-3-8-17(15)20-18(16)19-11-14;1-12-5-4-6-13(11-12)15-9-10-17-18(19-15)14-7-2-3-8-16(14)20-17;1-2-5-12(6-3-1)13-8-9-14-16(11-13)19-15-7-4-10-18-17(14)15;1-2-4-12(5-3-1)13-6-7-14-15-11-18-9-8-16(15)19-17(14)10-13/h2*2-11H,1H3;2*1-11H. The number of furan rings is 4. The Hall–Kier alpha value is -10.4. The van der Waals surface area contributed by atoms with Gasteiger partial charge in [0, 0.05) is 68.2 Å². The van der Waals surface area contributed by atoms with E-state index in [0.29, 0.717) is 5.71 Å². The van der Waals surface area contributed by atoms with Gasteiger partial charge in [0.15, 0.2) is 11.2 Å². The van der Waals surface area contributed by atoms with Crippen LogP contribution in [-0.4, -0.2) is 19.9 Å². The molecule has 78 heavy (non-hydrogen) atoms. The number of hydrogen-bond donors (Lipinski definition) is 0. The third-order valence-electron chi connectivity index (χ3n) is 13.8. The number of pyridine rings is 4. The zero-order valence-electron chi connectivity index (χ0n) is 42.7. The van der Waals surface area contributed by atoms with Gasteiger partial charge in [-0.1, -0.05) is 157 Å². The van der Waals surface area contributed by atoms with Crippen LogP contribution in [0.25, 0.3) is 133 Å². The fourth-order valence-electron chi connectivity index (χ4n) is 9.98. The summed E-state index contributed by atoms with van der Waals surface area (Å²) in [4.78, 5) is 17.8. The first-order valence-corrected chi connectivity index (χ1v) is 25.8. The summed E-state index contributed by atoms with van der Waals surface area (Å²) in [6.07, 6.45) is 7.27. The lowest BCUT2D eigenvalue weighted by molar-refractivity contribution is 0.654. The zero-order chi connectivity index (χ0) is 52.4. The Morgan fingerprint density at radius 1 is 0.282 bits per heavy atom. The molecule has 0 unspecified atom stereocenters. The van der Waals surface area contributed by atoms with E-state index in [0.717, 1.165) is 105 Å². The Kier molecular flexibility index (Phi) is 12.5. The number of benzene rings is 8. The molecule has 0 amide bonds. The van der Waals surface area contributed by atoms with Gasteiger partial charge >= 0.3 is 0 Å². The molecule has 0 aliphatic rings. The quantitative estimate of drug-likeness (QED) is 0.172. The largest absolute Gasteiger partial charge is 0.456 e. The summed E-state index contributed by atoms with van der Waals surface area (Å²) in [5.74, 6) is 0. The molecule has 0 saturated carbocycles. The molecule has 0 bridgehead atoms. The number of nitrogens with zero attached hydrogens (tertiary/aromatic N) is 4. The average molecular weight is 1010 g/mol. The fraction of sp³-hybridized carbons (Fsp3) is 0.0286. The lowest BCUT2D eigenvalue weighted by Crippen LogP contribution is -1.84. The number of aromatic nitrogens is 4. The maximum atomic E-state index is 5.87. The highest BCUT2D eigenvalue weighted by Gasteiger charge is 2.13. The van der Waals surface area contributed by atoms with E-state index in [9.17, 15) is 0 Å². The van der Waals surface area contributed by atoms with Crippen LogP contribution in [-0.2, 0) is 0 Å². The molecular weight excluding hydrogens is 961 g/mol. The molecule has 16 rings (SSSR count). The van der Waals surface area contributed by atoms with Crippen molar-refractivity contribution in [2.75, 3.05) is 0 Å². The van der Waals surface area contributed by atoms with Gasteiger partial charge in [-0.25, -0.2) is 9.97 Å². The lowest BCUT2D eigenvalue weighted by Gasteiger charge is -2.02. The van der Waals surface area contributed by atoms with E-state index in [2.05, 4.69) is 150 Å². The van der Waals surface area contributed by atoms with Gasteiger partial charge in [-0.2, -0.15) is 0 Å². The first-order valence-electron chi connectivity index (χ1n) is 25.8. The van der Waals surface area contributed by atoms with Crippen LogP contribution in [0.5, 0.6) is 0 Å². The number of rotatable bonds is 4. The minimum Gasteiger partial charge on any atom is -0.456 e. The first kappa shape index (κ1) is 47.3. The smallest absolute Gasteiger partial charge is 0.227 e. The van der Waals surface area contributed by atoms with E-state index in [4.69, 9.17) is 22.7 Å². The maximum absolute atomic E-state index is 5.87. The van der Waals surface area contributed by atoms with Crippen molar-refractivity contribution in [1.29, 1.82) is 0 Å². The van der Waals surface area contributed by atoms with Crippen molar-refractivity contribution in [2.45, 2.75) is 13.8 Å². The number of para-hydroxylation sites is 2. The maximum Gasteiger partial charge on any atom is 0.227 e. The van der Waals surface area contributed by atoms with Gasteiger partial charge in [-0.3, -0.25) is 9.97 Å². The Morgan fingerprint density at radius 2 is 0.821 bits per heavy atom. The second-order valence-corrected chi connectivity index (χ2v) is 19.1. The lowest BCUT2D eigenvalue weighted by atomic mass is 10.0.